The first-order chi connectivity index (χ1) is 17.8. The minimum atomic E-state index is 0.0774. The van der Waals surface area contributed by atoms with Crippen LogP contribution in [0, 0.1) is 13.8 Å². The van der Waals surface area contributed by atoms with Crippen LogP contribution in [0.25, 0.3) is 0 Å². The lowest BCUT2D eigenvalue weighted by molar-refractivity contribution is 0.100. The summed E-state index contributed by atoms with van der Waals surface area (Å²) in [7, 11) is 13.5. The Morgan fingerprint density at radius 2 is 0.868 bits per heavy atom. The van der Waals surface area contributed by atoms with E-state index < -0.39 is 0 Å². The summed E-state index contributed by atoms with van der Waals surface area (Å²) in [6.45, 7) is 7.37. The van der Waals surface area contributed by atoms with E-state index in [-0.39, 0.29) is 11.6 Å². The fourth-order valence-electron chi connectivity index (χ4n) is 3.55. The van der Waals surface area contributed by atoms with Crippen molar-refractivity contribution in [3.8, 4) is 0 Å². The van der Waals surface area contributed by atoms with E-state index in [1.807, 2.05) is 89.5 Å². The van der Waals surface area contributed by atoms with Crippen molar-refractivity contribution in [2.24, 2.45) is 0 Å². The summed E-state index contributed by atoms with van der Waals surface area (Å²) in [5.74, 6) is 0.176. The molecular weight excluding hydrogens is 474 g/mol. The molecule has 3 aromatic rings. The number of aryl methyl sites for hydroxylation is 2. The Morgan fingerprint density at radius 1 is 0.526 bits per heavy atom. The van der Waals surface area contributed by atoms with Gasteiger partial charge in [-0.1, -0.05) is 6.07 Å². The molecule has 0 atom stereocenters. The van der Waals surface area contributed by atoms with Gasteiger partial charge in [0.1, 0.15) is 0 Å². The van der Waals surface area contributed by atoms with Crippen molar-refractivity contribution in [3.63, 3.8) is 0 Å². The molecule has 0 aliphatic rings. The fourth-order valence-corrected chi connectivity index (χ4v) is 3.55. The monoisotopic (exact) mass is 519 g/mol. The Labute approximate surface area is 229 Å². The molecule has 7 heteroatoms. The molecule has 0 heterocycles. The van der Waals surface area contributed by atoms with E-state index in [9.17, 15) is 9.59 Å². The Bertz CT molecular complexity index is 1150. The summed E-state index contributed by atoms with van der Waals surface area (Å²) in [6.07, 6.45) is 0. The predicted octanol–water partition coefficient (Wildman–Crippen LogP) is 6.34. The topological polar surface area (TPSA) is 76.7 Å². The average molecular weight is 520 g/mol. The molecule has 0 saturated heterocycles. The Balaban J connectivity index is 0.000000291. The van der Waals surface area contributed by atoms with Crippen LogP contribution in [0.1, 0.15) is 45.7 Å². The lowest BCUT2D eigenvalue weighted by atomic mass is 10.1. The molecule has 0 spiro atoms. The minimum absolute atomic E-state index is 0.0774. The molecule has 0 unspecified atom stereocenters. The number of carbonyl (C=O) groups excluding carboxylic acids is 2. The number of rotatable bonds is 7. The number of nitrogens with zero attached hydrogens (tertiary/aromatic N) is 2. The molecule has 3 N–H and O–H groups in total. The molecule has 0 radical (unpaired) electrons. The molecule has 3 aromatic carbocycles. The molecule has 0 saturated carbocycles. The smallest absolute Gasteiger partial charge is 0.159 e. The van der Waals surface area contributed by atoms with Crippen molar-refractivity contribution in [1.82, 2.24) is 0 Å². The highest BCUT2D eigenvalue weighted by molar-refractivity contribution is 5.96. The molecule has 206 valence electrons. The van der Waals surface area contributed by atoms with E-state index in [0.717, 1.165) is 33.9 Å². The van der Waals surface area contributed by atoms with Gasteiger partial charge < -0.3 is 25.8 Å². The second kappa shape index (κ2) is 15.3. The van der Waals surface area contributed by atoms with Gasteiger partial charge in [0, 0.05) is 88.9 Å². The third-order valence-corrected chi connectivity index (χ3v) is 5.77. The van der Waals surface area contributed by atoms with E-state index in [1.165, 1.54) is 16.8 Å². The van der Waals surface area contributed by atoms with Crippen molar-refractivity contribution >= 4 is 40.0 Å². The third-order valence-electron chi connectivity index (χ3n) is 5.77. The van der Waals surface area contributed by atoms with Crippen molar-refractivity contribution in [2.75, 3.05) is 75.1 Å². The van der Waals surface area contributed by atoms with Crippen LogP contribution >= 0.6 is 0 Å². The van der Waals surface area contributed by atoms with E-state index in [4.69, 9.17) is 0 Å². The number of hydrogen-bond acceptors (Lipinski definition) is 7. The van der Waals surface area contributed by atoms with Crippen molar-refractivity contribution in [3.05, 3.63) is 76.9 Å². The Hall–Kier alpha value is -4.00. The van der Waals surface area contributed by atoms with E-state index in [0.29, 0.717) is 0 Å². The van der Waals surface area contributed by atoms with Crippen LogP contribution in [0.15, 0.2) is 54.6 Å². The Kier molecular flexibility index (Phi) is 12.9. The summed E-state index contributed by atoms with van der Waals surface area (Å²) in [5.41, 5.74) is 9.26. The number of anilines is 5. The van der Waals surface area contributed by atoms with Crippen LogP contribution in [0.2, 0.25) is 0 Å². The molecule has 0 amide bonds. The number of Topliss-reactive ketones (excluding diaryl/α,β-unsaturated/α-hetero) is 2. The minimum Gasteiger partial charge on any atom is -0.388 e. The van der Waals surface area contributed by atoms with Crippen molar-refractivity contribution < 1.29 is 9.59 Å². The van der Waals surface area contributed by atoms with Gasteiger partial charge in [-0.15, -0.1) is 0 Å². The second-order valence-corrected chi connectivity index (χ2v) is 9.56. The normalized spacial score (nSPS) is 9.66. The van der Waals surface area contributed by atoms with Crippen LogP contribution in [0.5, 0.6) is 0 Å². The van der Waals surface area contributed by atoms with Gasteiger partial charge in [0.2, 0.25) is 0 Å². The predicted molar refractivity (Wildman–Crippen MR) is 166 cm³/mol. The van der Waals surface area contributed by atoms with Gasteiger partial charge in [-0.05, 0) is 87.4 Å². The SMILES string of the molecule is CC(=O)c1cc(N(C)C)cc(N(C)C)c1.CNc1cc(C)cc(C)c1.CNc1cc(NC)cc(C(C)=O)c1. The highest BCUT2D eigenvalue weighted by Gasteiger charge is 2.07. The first-order valence-electron chi connectivity index (χ1n) is 12.6. The maximum Gasteiger partial charge on any atom is 0.159 e. The summed E-state index contributed by atoms with van der Waals surface area (Å²) < 4.78 is 0. The molecule has 38 heavy (non-hydrogen) atoms. The maximum absolute atomic E-state index is 11.4. The molecular formula is C31H45N5O2. The zero-order valence-electron chi connectivity index (χ0n) is 24.9. The largest absolute Gasteiger partial charge is 0.388 e. The van der Waals surface area contributed by atoms with Gasteiger partial charge in [-0.3, -0.25) is 9.59 Å². The summed E-state index contributed by atoms with van der Waals surface area (Å²) in [4.78, 5) is 26.5. The maximum atomic E-state index is 11.4. The lowest BCUT2D eigenvalue weighted by Gasteiger charge is -2.19. The highest BCUT2D eigenvalue weighted by atomic mass is 16.1. The zero-order valence-corrected chi connectivity index (χ0v) is 24.9. The van der Waals surface area contributed by atoms with Crippen LogP contribution in [0.4, 0.5) is 28.4 Å². The molecule has 0 bridgehead atoms. The summed E-state index contributed by atoms with van der Waals surface area (Å²) in [6, 6.07) is 17.9. The number of carbonyl (C=O) groups is 2. The van der Waals surface area contributed by atoms with Gasteiger partial charge in [0.05, 0.1) is 0 Å². The lowest BCUT2D eigenvalue weighted by Crippen LogP contribution is -2.13. The van der Waals surface area contributed by atoms with Crippen LogP contribution in [-0.2, 0) is 0 Å². The van der Waals surface area contributed by atoms with Crippen LogP contribution < -0.4 is 25.8 Å². The second-order valence-electron chi connectivity index (χ2n) is 9.56. The first-order valence-corrected chi connectivity index (χ1v) is 12.6. The van der Waals surface area contributed by atoms with Gasteiger partial charge in [0.25, 0.3) is 0 Å². The number of benzene rings is 3. The zero-order chi connectivity index (χ0) is 29.0. The quantitative estimate of drug-likeness (QED) is 0.315. The molecule has 0 aliphatic carbocycles. The highest BCUT2D eigenvalue weighted by Crippen LogP contribution is 2.23. The molecule has 0 fully saturated rings. The fraction of sp³-hybridized carbons (Fsp3) is 0.355. The van der Waals surface area contributed by atoms with Crippen LogP contribution in [-0.4, -0.2) is 60.9 Å². The van der Waals surface area contributed by atoms with E-state index in [1.54, 1.807) is 13.8 Å². The average Bonchev–Trinajstić information content (AvgIpc) is 2.87. The number of hydrogen-bond donors (Lipinski definition) is 3. The molecule has 0 aromatic heterocycles. The standard InChI is InChI=1S/C12H18N2O.C10H14N2O.C9H13N/c1-9(15)10-6-11(13(2)3)8-12(7-10)14(4)5;1-7(13)8-4-9(11-2)6-10(5-8)12-3;1-7-4-8(2)6-9(5-7)10-3/h6-8H,1-5H3;4-6,11-12H,1-3H3;4-6,10H,1-3H3. The molecule has 7 nitrogen and oxygen atoms in total. The van der Waals surface area contributed by atoms with Gasteiger partial charge in [-0.2, -0.15) is 0 Å². The van der Waals surface area contributed by atoms with Crippen molar-refractivity contribution in [1.29, 1.82) is 0 Å². The number of nitrogens with one attached hydrogen (secondary N) is 3. The van der Waals surface area contributed by atoms with Crippen LogP contribution in [0.3, 0.4) is 0 Å². The van der Waals surface area contributed by atoms with Gasteiger partial charge in [0.15, 0.2) is 11.6 Å². The van der Waals surface area contributed by atoms with Gasteiger partial charge in [-0.25, -0.2) is 0 Å². The molecule has 0 aliphatic heterocycles. The van der Waals surface area contributed by atoms with E-state index in [2.05, 4.69) is 54.1 Å². The van der Waals surface area contributed by atoms with Crippen molar-refractivity contribution in [2.45, 2.75) is 27.7 Å². The third kappa shape index (κ3) is 10.5. The summed E-state index contributed by atoms with van der Waals surface area (Å²) >= 11 is 0. The van der Waals surface area contributed by atoms with E-state index >= 15 is 0 Å². The first kappa shape index (κ1) is 32.0. The van der Waals surface area contributed by atoms with Gasteiger partial charge >= 0.3 is 0 Å². The summed E-state index contributed by atoms with van der Waals surface area (Å²) in [5, 5.41) is 9.12. The molecule has 3 rings (SSSR count). The number of ketones is 2. The Morgan fingerprint density at radius 3 is 1.18 bits per heavy atom.